The first-order valence-electron chi connectivity index (χ1n) is 6.33. The Morgan fingerprint density at radius 1 is 1.50 bits per heavy atom. The molecule has 96 valence electrons. The third-order valence-corrected chi connectivity index (χ3v) is 3.85. The number of nitrogens with two attached hydrogens (primary N) is 1. The third kappa shape index (κ3) is 1.79. The number of likely N-dealkylation sites (tertiary alicyclic amines) is 1. The van der Waals surface area contributed by atoms with Gasteiger partial charge in [0.25, 0.3) is 0 Å². The average molecular weight is 246 g/mol. The molecular weight excluding hydrogens is 228 g/mol. The summed E-state index contributed by atoms with van der Waals surface area (Å²) in [4.78, 5) is 6.60. The molecule has 2 N–H and O–H groups in total. The molecule has 18 heavy (non-hydrogen) atoms. The second kappa shape index (κ2) is 4.33. The number of hydrogen-bond donors (Lipinski definition) is 1. The van der Waals surface area contributed by atoms with E-state index in [1.807, 2.05) is 6.92 Å². The maximum Gasteiger partial charge on any atom is 0.203 e. The summed E-state index contributed by atoms with van der Waals surface area (Å²) in [5.74, 6) is 0.834. The SMILES string of the molecule is Cc1onc2nccc(C3CC(N)CCN3C)c12. The van der Waals surface area contributed by atoms with E-state index in [-0.39, 0.29) is 6.04 Å². The van der Waals surface area contributed by atoms with Crippen LogP contribution in [0.3, 0.4) is 0 Å². The van der Waals surface area contributed by atoms with Crippen LogP contribution in [0.2, 0.25) is 0 Å². The number of fused-ring (bicyclic) bond motifs is 1. The number of piperidine rings is 1. The minimum Gasteiger partial charge on any atom is -0.359 e. The van der Waals surface area contributed by atoms with Gasteiger partial charge in [-0.05, 0) is 45.0 Å². The average Bonchev–Trinajstić information content (AvgIpc) is 2.75. The van der Waals surface area contributed by atoms with Crippen LogP contribution < -0.4 is 5.73 Å². The lowest BCUT2D eigenvalue weighted by Crippen LogP contribution is -2.40. The van der Waals surface area contributed by atoms with E-state index >= 15 is 0 Å². The summed E-state index contributed by atoms with van der Waals surface area (Å²) >= 11 is 0. The van der Waals surface area contributed by atoms with Crippen molar-refractivity contribution in [1.82, 2.24) is 15.0 Å². The monoisotopic (exact) mass is 246 g/mol. The van der Waals surface area contributed by atoms with Gasteiger partial charge in [-0.15, -0.1) is 0 Å². The lowest BCUT2D eigenvalue weighted by molar-refractivity contribution is 0.172. The van der Waals surface area contributed by atoms with E-state index in [9.17, 15) is 0 Å². The number of rotatable bonds is 1. The molecule has 2 unspecified atom stereocenters. The van der Waals surface area contributed by atoms with Crippen LogP contribution in [0.5, 0.6) is 0 Å². The van der Waals surface area contributed by atoms with E-state index in [0.29, 0.717) is 11.7 Å². The van der Waals surface area contributed by atoms with Gasteiger partial charge in [-0.3, -0.25) is 4.90 Å². The van der Waals surface area contributed by atoms with E-state index in [0.717, 1.165) is 30.5 Å². The normalized spacial score (nSPS) is 25.7. The van der Waals surface area contributed by atoms with Crippen LogP contribution in [0.15, 0.2) is 16.8 Å². The highest BCUT2D eigenvalue weighted by molar-refractivity contribution is 5.80. The van der Waals surface area contributed by atoms with E-state index in [2.05, 4.69) is 28.2 Å². The van der Waals surface area contributed by atoms with Crippen molar-refractivity contribution in [1.29, 1.82) is 0 Å². The topological polar surface area (TPSA) is 68.2 Å². The molecule has 2 atom stereocenters. The molecule has 1 fully saturated rings. The first-order chi connectivity index (χ1) is 8.66. The van der Waals surface area contributed by atoms with Crippen LogP contribution in [0.25, 0.3) is 11.0 Å². The lowest BCUT2D eigenvalue weighted by Gasteiger charge is -2.36. The van der Waals surface area contributed by atoms with E-state index < -0.39 is 0 Å². The molecule has 0 saturated carbocycles. The zero-order valence-electron chi connectivity index (χ0n) is 10.8. The van der Waals surface area contributed by atoms with Crippen LogP contribution in [-0.4, -0.2) is 34.7 Å². The fourth-order valence-corrected chi connectivity index (χ4v) is 2.80. The summed E-state index contributed by atoms with van der Waals surface area (Å²) in [6.07, 6.45) is 3.83. The van der Waals surface area contributed by atoms with Crippen molar-refractivity contribution >= 4 is 11.0 Å². The smallest absolute Gasteiger partial charge is 0.203 e. The van der Waals surface area contributed by atoms with Crippen molar-refractivity contribution in [3.8, 4) is 0 Å². The van der Waals surface area contributed by atoms with Gasteiger partial charge >= 0.3 is 0 Å². The van der Waals surface area contributed by atoms with Gasteiger partial charge in [0.15, 0.2) is 0 Å². The molecule has 1 aliphatic heterocycles. The van der Waals surface area contributed by atoms with Crippen LogP contribution >= 0.6 is 0 Å². The molecule has 5 heteroatoms. The Bertz CT molecular complexity index is 565. The largest absolute Gasteiger partial charge is 0.359 e. The number of aromatic nitrogens is 2. The van der Waals surface area contributed by atoms with Crippen molar-refractivity contribution in [2.24, 2.45) is 5.73 Å². The number of nitrogens with zero attached hydrogens (tertiary/aromatic N) is 3. The van der Waals surface area contributed by atoms with Crippen LogP contribution in [0, 0.1) is 6.92 Å². The first-order valence-corrected chi connectivity index (χ1v) is 6.33. The van der Waals surface area contributed by atoms with Crippen molar-refractivity contribution in [2.75, 3.05) is 13.6 Å². The van der Waals surface area contributed by atoms with E-state index in [1.165, 1.54) is 5.56 Å². The molecule has 0 aliphatic carbocycles. The van der Waals surface area contributed by atoms with Gasteiger partial charge in [0.2, 0.25) is 5.65 Å². The zero-order valence-corrected chi connectivity index (χ0v) is 10.8. The highest BCUT2D eigenvalue weighted by Crippen LogP contribution is 2.34. The molecule has 0 amide bonds. The molecule has 3 heterocycles. The number of aryl methyl sites for hydroxylation is 1. The van der Waals surface area contributed by atoms with Gasteiger partial charge in [-0.2, -0.15) is 0 Å². The molecule has 3 rings (SSSR count). The quantitative estimate of drug-likeness (QED) is 0.828. The van der Waals surface area contributed by atoms with Crippen LogP contribution in [0.1, 0.15) is 30.2 Å². The third-order valence-electron chi connectivity index (χ3n) is 3.85. The summed E-state index contributed by atoms with van der Waals surface area (Å²) in [5, 5.41) is 5.03. The maximum atomic E-state index is 6.10. The Labute approximate surface area is 106 Å². The fourth-order valence-electron chi connectivity index (χ4n) is 2.80. The van der Waals surface area contributed by atoms with Gasteiger partial charge in [-0.1, -0.05) is 5.16 Å². The Morgan fingerprint density at radius 3 is 3.17 bits per heavy atom. The molecule has 2 aromatic heterocycles. The van der Waals surface area contributed by atoms with Crippen molar-refractivity contribution in [3.05, 3.63) is 23.6 Å². The van der Waals surface area contributed by atoms with Gasteiger partial charge in [-0.25, -0.2) is 4.98 Å². The molecule has 0 radical (unpaired) electrons. The molecule has 0 aromatic carbocycles. The minimum absolute atomic E-state index is 0.273. The van der Waals surface area contributed by atoms with Crippen molar-refractivity contribution in [2.45, 2.75) is 31.8 Å². The molecule has 1 aliphatic rings. The number of hydrogen-bond acceptors (Lipinski definition) is 5. The zero-order chi connectivity index (χ0) is 12.7. The fraction of sp³-hybridized carbons (Fsp3) is 0.538. The Balaban J connectivity index is 2.10. The van der Waals surface area contributed by atoms with Crippen LogP contribution in [0.4, 0.5) is 0 Å². The molecule has 2 aromatic rings. The predicted molar refractivity (Wildman–Crippen MR) is 69.1 cm³/mol. The van der Waals surface area contributed by atoms with Gasteiger partial charge in [0.1, 0.15) is 5.76 Å². The highest BCUT2D eigenvalue weighted by Gasteiger charge is 2.27. The second-order valence-corrected chi connectivity index (χ2v) is 5.12. The minimum atomic E-state index is 0.273. The predicted octanol–water partition coefficient (Wildman–Crippen LogP) is 1.63. The van der Waals surface area contributed by atoms with Gasteiger partial charge < -0.3 is 10.3 Å². The number of pyridine rings is 1. The van der Waals surface area contributed by atoms with Crippen molar-refractivity contribution < 1.29 is 4.52 Å². The maximum absolute atomic E-state index is 6.10. The standard InChI is InChI=1S/C13H18N4O/c1-8-12-10(3-5-15-13(12)16-18-8)11-7-9(14)4-6-17(11)2/h3,5,9,11H,4,6-7,14H2,1-2H3. The molecule has 0 bridgehead atoms. The Hall–Kier alpha value is -1.46. The summed E-state index contributed by atoms with van der Waals surface area (Å²) < 4.78 is 5.25. The van der Waals surface area contributed by atoms with E-state index in [1.54, 1.807) is 6.20 Å². The molecule has 1 saturated heterocycles. The van der Waals surface area contributed by atoms with Crippen molar-refractivity contribution in [3.63, 3.8) is 0 Å². The summed E-state index contributed by atoms with van der Waals surface area (Å²) in [5.41, 5.74) is 8.03. The first kappa shape index (κ1) is 11.6. The second-order valence-electron chi connectivity index (χ2n) is 5.12. The molecule has 0 spiro atoms. The van der Waals surface area contributed by atoms with Gasteiger partial charge in [0, 0.05) is 18.3 Å². The molecular formula is C13H18N4O. The van der Waals surface area contributed by atoms with Gasteiger partial charge in [0.05, 0.1) is 5.39 Å². The highest BCUT2D eigenvalue weighted by atomic mass is 16.5. The lowest BCUT2D eigenvalue weighted by atomic mass is 9.91. The summed E-state index contributed by atoms with van der Waals surface area (Å²) in [6.45, 7) is 2.96. The van der Waals surface area contributed by atoms with E-state index in [4.69, 9.17) is 10.3 Å². The summed E-state index contributed by atoms with van der Waals surface area (Å²) in [7, 11) is 2.14. The Kier molecular flexibility index (Phi) is 2.80. The summed E-state index contributed by atoms with van der Waals surface area (Å²) in [6, 6.07) is 2.66. The van der Waals surface area contributed by atoms with Crippen LogP contribution in [-0.2, 0) is 0 Å². The Morgan fingerprint density at radius 2 is 2.33 bits per heavy atom. The molecule has 5 nitrogen and oxygen atoms in total.